The first-order valence-corrected chi connectivity index (χ1v) is 6.04. The van der Waals surface area contributed by atoms with Crippen LogP contribution in [0.2, 0.25) is 0 Å². The van der Waals surface area contributed by atoms with Crippen LogP contribution in [0.25, 0.3) is 0 Å². The molecule has 16 heavy (non-hydrogen) atoms. The van der Waals surface area contributed by atoms with Gasteiger partial charge in [-0.25, -0.2) is 0 Å². The summed E-state index contributed by atoms with van der Waals surface area (Å²) >= 11 is 0. The molecule has 0 atom stereocenters. The van der Waals surface area contributed by atoms with E-state index in [0.717, 1.165) is 18.6 Å². The van der Waals surface area contributed by atoms with Crippen LogP contribution in [0.4, 0.5) is 0 Å². The van der Waals surface area contributed by atoms with Gasteiger partial charge in [0.15, 0.2) is 0 Å². The van der Waals surface area contributed by atoms with Gasteiger partial charge < -0.3 is 10.5 Å². The van der Waals surface area contributed by atoms with E-state index in [1.165, 1.54) is 17.5 Å². The summed E-state index contributed by atoms with van der Waals surface area (Å²) in [6.45, 7) is 4.36. The molecule has 1 saturated carbocycles. The molecular weight excluding hydrogens is 198 g/mol. The molecule has 0 aromatic heterocycles. The number of benzene rings is 1. The summed E-state index contributed by atoms with van der Waals surface area (Å²) in [4.78, 5) is 0. The van der Waals surface area contributed by atoms with Crippen molar-refractivity contribution in [3.8, 4) is 5.75 Å². The van der Waals surface area contributed by atoms with E-state index in [9.17, 15) is 0 Å². The second-order valence-corrected chi connectivity index (χ2v) is 5.12. The van der Waals surface area contributed by atoms with Crippen molar-refractivity contribution >= 4 is 0 Å². The summed E-state index contributed by atoms with van der Waals surface area (Å²) in [5.41, 5.74) is 8.70. The maximum Gasteiger partial charge on any atom is 0.122 e. The van der Waals surface area contributed by atoms with Gasteiger partial charge in [0.05, 0.1) is 7.11 Å². The van der Waals surface area contributed by atoms with Crippen LogP contribution in [-0.2, 0) is 5.54 Å². The third-order valence-electron chi connectivity index (χ3n) is 3.68. The highest BCUT2D eigenvalue weighted by molar-refractivity contribution is 5.42. The maximum absolute atomic E-state index is 6.32. The number of methoxy groups -OCH3 is 1. The normalized spacial score (nSPS) is 18.3. The van der Waals surface area contributed by atoms with Crippen molar-refractivity contribution in [2.24, 2.45) is 5.73 Å². The predicted molar refractivity (Wildman–Crippen MR) is 66.8 cm³/mol. The van der Waals surface area contributed by atoms with Gasteiger partial charge in [-0.2, -0.15) is 0 Å². The van der Waals surface area contributed by atoms with Gasteiger partial charge in [0.1, 0.15) is 5.75 Å². The molecule has 1 aliphatic carbocycles. The van der Waals surface area contributed by atoms with Crippen molar-refractivity contribution in [3.05, 3.63) is 29.3 Å². The highest BCUT2D eigenvalue weighted by Gasteiger charge is 2.34. The lowest BCUT2D eigenvalue weighted by atomic mass is 9.72. The topological polar surface area (TPSA) is 35.2 Å². The Hall–Kier alpha value is -1.02. The zero-order chi connectivity index (χ0) is 11.8. The fourth-order valence-corrected chi connectivity index (χ4v) is 2.34. The largest absolute Gasteiger partial charge is 0.496 e. The van der Waals surface area contributed by atoms with Crippen LogP contribution >= 0.6 is 0 Å². The SMILES string of the molecule is COc1cc(C2(N)CCC2)ccc1C(C)C. The van der Waals surface area contributed by atoms with E-state index in [2.05, 4.69) is 32.0 Å². The summed E-state index contributed by atoms with van der Waals surface area (Å²) in [7, 11) is 1.73. The molecular formula is C14H21NO. The monoisotopic (exact) mass is 219 g/mol. The van der Waals surface area contributed by atoms with Crippen LogP contribution in [-0.4, -0.2) is 7.11 Å². The smallest absolute Gasteiger partial charge is 0.122 e. The molecule has 1 fully saturated rings. The molecule has 0 bridgehead atoms. The van der Waals surface area contributed by atoms with Gasteiger partial charge in [0, 0.05) is 5.54 Å². The van der Waals surface area contributed by atoms with Gasteiger partial charge in [0.2, 0.25) is 0 Å². The molecule has 0 unspecified atom stereocenters. The van der Waals surface area contributed by atoms with Gasteiger partial charge in [0.25, 0.3) is 0 Å². The Morgan fingerprint density at radius 1 is 1.31 bits per heavy atom. The number of ether oxygens (including phenoxy) is 1. The average Bonchev–Trinajstić information content (AvgIpc) is 2.24. The Bertz CT molecular complexity index is 380. The molecule has 1 aliphatic rings. The first-order chi connectivity index (χ1) is 7.57. The Kier molecular flexibility index (Phi) is 2.94. The molecule has 1 aromatic rings. The molecule has 0 amide bonds. The molecule has 2 N–H and O–H groups in total. The van der Waals surface area contributed by atoms with Crippen molar-refractivity contribution in [2.45, 2.75) is 44.6 Å². The molecule has 2 rings (SSSR count). The molecule has 2 nitrogen and oxygen atoms in total. The Labute approximate surface area is 97.8 Å². The van der Waals surface area contributed by atoms with Crippen LogP contribution in [0.15, 0.2) is 18.2 Å². The van der Waals surface area contributed by atoms with Crippen molar-refractivity contribution in [3.63, 3.8) is 0 Å². The molecule has 0 saturated heterocycles. The number of hydrogen-bond acceptors (Lipinski definition) is 2. The van der Waals surface area contributed by atoms with Gasteiger partial charge >= 0.3 is 0 Å². The molecule has 0 heterocycles. The fraction of sp³-hybridized carbons (Fsp3) is 0.571. The van der Waals surface area contributed by atoms with Crippen molar-refractivity contribution in [1.29, 1.82) is 0 Å². The highest BCUT2D eigenvalue weighted by Crippen LogP contribution is 2.41. The summed E-state index contributed by atoms with van der Waals surface area (Å²) < 4.78 is 5.46. The quantitative estimate of drug-likeness (QED) is 0.847. The van der Waals surface area contributed by atoms with Crippen LogP contribution in [0.5, 0.6) is 5.75 Å². The minimum Gasteiger partial charge on any atom is -0.496 e. The molecule has 1 aromatic carbocycles. The number of hydrogen-bond donors (Lipinski definition) is 1. The van der Waals surface area contributed by atoms with Crippen molar-refractivity contribution in [2.75, 3.05) is 7.11 Å². The van der Waals surface area contributed by atoms with Gasteiger partial charge in [-0.05, 0) is 42.4 Å². The van der Waals surface area contributed by atoms with Crippen LogP contribution < -0.4 is 10.5 Å². The van der Waals surface area contributed by atoms with Crippen LogP contribution in [0, 0.1) is 0 Å². The van der Waals surface area contributed by atoms with E-state index < -0.39 is 0 Å². The van der Waals surface area contributed by atoms with E-state index in [4.69, 9.17) is 10.5 Å². The molecule has 2 heteroatoms. The lowest BCUT2D eigenvalue weighted by Gasteiger charge is -2.39. The minimum absolute atomic E-state index is 0.0945. The Morgan fingerprint density at radius 2 is 2.00 bits per heavy atom. The van der Waals surface area contributed by atoms with E-state index >= 15 is 0 Å². The summed E-state index contributed by atoms with van der Waals surface area (Å²) in [6, 6.07) is 6.44. The van der Waals surface area contributed by atoms with E-state index in [0.29, 0.717) is 5.92 Å². The molecule has 0 radical (unpaired) electrons. The number of rotatable bonds is 3. The first-order valence-electron chi connectivity index (χ1n) is 6.04. The third-order valence-corrected chi connectivity index (χ3v) is 3.68. The van der Waals surface area contributed by atoms with E-state index in [-0.39, 0.29) is 5.54 Å². The van der Waals surface area contributed by atoms with Gasteiger partial charge in [-0.1, -0.05) is 26.0 Å². The summed E-state index contributed by atoms with van der Waals surface area (Å²) in [5, 5.41) is 0. The zero-order valence-corrected chi connectivity index (χ0v) is 10.4. The summed E-state index contributed by atoms with van der Waals surface area (Å²) in [5.74, 6) is 1.46. The second-order valence-electron chi connectivity index (χ2n) is 5.12. The Morgan fingerprint density at radius 3 is 2.44 bits per heavy atom. The van der Waals surface area contributed by atoms with Crippen molar-refractivity contribution in [1.82, 2.24) is 0 Å². The van der Waals surface area contributed by atoms with Gasteiger partial charge in [-0.3, -0.25) is 0 Å². The molecule has 0 aliphatic heterocycles. The predicted octanol–water partition coefficient (Wildman–Crippen LogP) is 3.16. The Balaban J connectivity index is 2.36. The van der Waals surface area contributed by atoms with Crippen LogP contribution in [0.3, 0.4) is 0 Å². The standard InChI is InChI=1S/C14H21NO/c1-10(2)12-6-5-11(9-13(12)16-3)14(15)7-4-8-14/h5-6,9-10H,4,7-8,15H2,1-3H3. The van der Waals surface area contributed by atoms with Gasteiger partial charge in [-0.15, -0.1) is 0 Å². The zero-order valence-electron chi connectivity index (χ0n) is 10.4. The third kappa shape index (κ3) is 1.82. The minimum atomic E-state index is -0.0945. The fourth-order valence-electron chi connectivity index (χ4n) is 2.34. The molecule has 88 valence electrons. The first kappa shape index (κ1) is 11.5. The van der Waals surface area contributed by atoms with E-state index in [1.54, 1.807) is 7.11 Å². The average molecular weight is 219 g/mol. The highest BCUT2D eigenvalue weighted by atomic mass is 16.5. The lowest BCUT2D eigenvalue weighted by molar-refractivity contribution is 0.252. The lowest BCUT2D eigenvalue weighted by Crippen LogP contribution is -2.43. The second kappa shape index (κ2) is 4.10. The van der Waals surface area contributed by atoms with Crippen LogP contribution in [0.1, 0.15) is 50.2 Å². The van der Waals surface area contributed by atoms with E-state index in [1.807, 2.05) is 0 Å². The summed E-state index contributed by atoms with van der Waals surface area (Å²) in [6.07, 6.45) is 3.43. The van der Waals surface area contributed by atoms with Crippen molar-refractivity contribution < 1.29 is 4.74 Å². The molecule has 0 spiro atoms. The maximum atomic E-state index is 6.32. The number of nitrogens with two attached hydrogens (primary N) is 1.